The molecule has 0 spiro atoms. The minimum atomic E-state index is -1.04. The number of hydrogen-bond acceptors (Lipinski definition) is 6. The van der Waals surface area contributed by atoms with Crippen LogP contribution in [0.4, 0.5) is 5.69 Å². The molecule has 1 saturated heterocycles. The zero-order valence-electron chi connectivity index (χ0n) is 18.5. The Labute approximate surface area is 186 Å². The van der Waals surface area contributed by atoms with E-state index in [9.17, 15) is 24.0 Å². The predicted octanol–water partition coefficient (Wildman–Crippen LogP) is 2.43. The van der Waals surface area contributed by atoms with Crippen LogP contribution in [0.3, 0.4) is 0 Å². The Kier molecular flexibility index (Phi) is 5.88. The van der Waals surface area contributed by atoms with Gasteiger partial charge in [-0.2, -0.15) is 0 Å². The maximum atomic E-state index is 13.1. The summed E-state index contributed by atoms with van der Waals surface area (Å²) in [6.45, 7) is 4.43. The van der Waals surface area contributed by atoms with Crippen LogP contribution in [0.1, 0.15) is 50.4 Å². The average molecular weight is 440 g/mol. The Hall–Kier alpha value is -3.03. The van der Waals surface area contributed by atoms with E-state index in [0.29, 0.717) is 11.3 Å². The van der Waals surface area contributed by atoms with Crippen molar-refractivity contribution in [3.05, 3.63) is 29.8 Å². The predicted molar refractivity (Wildman–Crippen MR) is 114 cm³/mol. The lowest BCUT2D eigenvalue weighted by Crippen LogP contribution is -2.50. The number of carbonyl (C=O) groups is 5. The molecule has 3 aliphatic rings. The van der Waals surface area contributed by atoms with Gasteiger partial charge in [-0.15, -0.1) is 0 Å². The molecular weight excluding hydrogens is 412 g/mol. The number of hydrogen-bond donors (Lipinski definition) is 1. The van der Waals surface area contributed by atoms with Crippen LogP contribution in [0.25, 0.3) is 0 Å². The van der Waals surface area contributed by atoms with Crippen LogP contribution in [0.15, 0.2) is 24.3 Å². The molecule has 3 fully saturated rings. The highest BCUT2D eigenvalue weighted by Crippen LogP contribution is 2.56. The lowest BCUT2D eigenvalue weighted by Gasteiger charge is -2.28. The molecule has 1 aromatic rings. The summed E-state index contributed by atoms with van der Waals surface area (Å²) in [6.07, 6.45) is 2.84. The summed E-state index contributed by atoms with van der Waals surface area (Å²) in [5.74, 6) is -2.41. The van der Waals surface area contributed by atoms with E-state index in [-0.39, 0.29) is 47.2 Å². The van der Waals surface area contributed by atoms with Gasteiger partial charge in [0, 0.05) is 11.3 Å². The molecular formula is C24H28N2O6. The molecule has 0 aromatic heterocycles. The van der Waals surface area contributed by atoms with E-state index in [0.717, 1.165) is 24.2 Å². The fraction of sp³-hybridized carbons (Fsp3) is 0.542. The topological polar surface area (TPSA) is 110 Å². The molecule has 8 nitrogen and oxygen atoms in total. The maximum absolute atomic E-state index is 13.1. The number of ketones is 1. The van der Waals surface area contributed by atoms with Crippen molar-refractivity contribution in [2.24, 2.45) is 29.6 Å². The highest BCUT2D eigenvalue weighted by Gasteiger charge is 2.62. The second kappa shape index (κ2) is 8.48. The van der Waals surface area contributed by atoms with Gasteiger partial charge in [0.1, 0.15) is 6.04 Å². The largest absolute Gasteiger partial charge is 0.454 e. The van der Waals surface area contributed by atoms with Crippen molar-refractivity contribution in [3.63, 3.8) is 0 Å². The van der Waals surface area contributed by atoms with Crippen LogP contribution in [-0.2, 0) is 23.9 Å². The smallest absolute Gasteiger partial charge is 0.330 e. The van der Waals surface area contributed by atoms with Crippen LogP contribution in [0.2, 0.25) is 0 Å². The van der Waals surface area contributed by atoms with Crippen molar-refractivity contribution in [1.29, 1.82) is 0 Å². The Bertz CT molecular complexity index is 941. The lowest BCUT2D eigenvalue weighted by molar-refractivity contribution is -0.162. The third-order valence-corrected chi connectivity index (χ3v) is 7.03. The van der Waals surface area contributed by atoms with Gasteiger partial charge >= 0.3 is 5.97 Å². The molecule has 2 aliphatic carbocycles. The van der Waals surface area contributed by atoms with Crippen molar-refractivity contribution in [2.45, 2.75) is 46.1 Å². The van der Waals surface area contributed by atoms with Gasteiger partial charge in [-0.05, 0) is 68.2 Å². The number of nitrogens with one attached hydrogen (secondary N) is 1. The standard InChI is InChI=1S/C24H28N2O6/c1-12(2)21(26-22(29)19-15-4-5-16(10-15)20(19)23(26)30)24(31)32-11-18(28)25-17-8-6-14(7-9-17)13(3)27/h6-9,12,15-16,19-21H,4-5,10-11H2,1-3H3,(H,25,28)/t15-,16-,19-,20+,21+/m0/s1. The lowest BCUT2D eigenvalue weighted by atomic mass is 9.81. The Balaban J connectivity index is 1.38. The first kappa shape index (κ1) is 22.2. The summed E-state index contributed by atoms with van der Waals surface area (Å²) in [4.78, 5) is 63.7. The van der Waals surface area contributed by atoms with Crippen LogP contribution in [0, 0.1) is 29.6 Å². The van der Waals surface area contributed by atoms with Crippen molar-refractivity contribution in [1.82, 2.24) is 4.90 Å². The molecule has 1 N–H and O–H groups in total. The number of nitrogens with zero attached hydrogens (tertiary/aromatic N) is 1. The van der Waals surface area contributed by atoms with Crippen LogP contribution in [-0.4, -0.2) is 47.0 Å². The number of likely N-dealkylation sites (tertiary alicyclic amines) is 1. The van der Waals surface area contributed by atoms with E-state index in [1.807, 2.05) is 0 Å². The third kappa shape index (κ3) is 3.82. The molecule has 170 valence electrons. The number of anilines is 1. The first-order valence-electron chi connectivity index (χ1n) is 11.1. The van der Waals surface area contributed by atoms with Crippen molar-refractivity contribution in [3.8, 4) is 0 Å². The van der Waals surface area contributed by atoms with E-state index in [4.69, 9.17) is 4.74 Å². The van der Waals surface area contributed by atoms with Gasteiger partial charge in [0.05, 0.1) is 11.8 Å². The summed E-state index contributed by atoms with van der Waals surface area (Å²) < 4.78 is 5.21. The van der Waals surface area contributed by atoms with Gasteiger partial charge < -0.3 is 10.1 Å². The molecule has 3 amide bonds. The normalized spacial score (nSPS) is 26.9. The van der Waals surface area contributed by atoms with Gasteiger partial charge in [0.25, 0.3) is 5.91 Å². The third-order valence-electron chi connectivity index (χ3n) is 7.03. The van der Waals surface area contributed by atoms with Gasteiger partial charge in [-0.1, -0.05) is 13.8 Å². The summed E-state index contributed by atoms with van der Waals surface area (Å²) >= 11 is 0. The zero-order chi connectivity index (χ0) is 23.2. The Morgan fingerprint density at radius 3 is 2.09 bits per heavy atom. The highest BCUT2D eigenvalue weighted by atomic mass is 16.5. The minimum Gasteiger partial charge on any atom is -0.454 e. The van der Waals surface area contributed by atoms with Crippen LogP contribution < -0.4 is 5.32 Å². The Morgan fingerprint density at radius 1 is 1.03 bits per heavy atom. The fourth-order valence-corrected chi connectivity index (χ4v) is 5.59. The fourth-order valence-electron chi connectivity index (χ4n) is 5.59. The number of Topliss-reactive ketones (excluding diaryl/α,β-unsaturated/α-hetero) is 1. The van der Waals surface area contributed by atoms with Crippen molar-refractivity contribution >= 4 is 35.2 Å². The summed E-state index contributed by atoms with van der Waals surface area (Å²) in [5, 5.41) is 2.60. The second-order valence-corrected chi connectivity index (χ2v) is 9.41. The SMILES string of the molecule is CC(=O)c1ccc(NC(=O)COC(=O)[C@@H](C(C)C)N2C(=O)[C@@H]3[C@H]4CC[C@@H](C4)[C@@H]3C2=O)cc1. The van der Waals surface area contributed by atoms with Gasteiger partial charge in [-0.3, -0.25) is 24.1 Å². The van der Waals surface area contributed by atoms with Crippen molar-refractivity contribution in [2.75, 3.05) is 11.9 Å². The number of esters is 1. The molecule has 0 radical (unpaired) electrons. The number of imide groups is 1. The monoisotopic (exact) mass is 440 g/mol. The molecule has 32 heavy (non-hydrogen) atoms. The molecule has 5 atom stereocenters. The molecule has 1 heterocycles. The first-order valence-corrected chi connectivity index (χ1v) is 11.1. The summed E-state index contributed by atoms with van der Waals surface area (Å²) in [7, 11) is 0. The van der Waals surface area contributed by atoms with E-state index in [1.54, 1.807) is 38.1 Å². The molecule has 8 heteroatoms. The molecule has 4 rings (SSSR count). The second-order valence-electron chi connectivity index (χ2n) is 9.41. The quantitative estimate of drug-likeness (QED) is 0.396. The van der Waals surface area contributed by atoms with Crippen LogP contribution in [0.5, 0.6) is 0 Å². The van der Waals surface area contributed by atoms with Gasteiger partial charge in [-0.25, -0.2) is 4.79 Å². The van der Waals surface area contributed by atoms with Crippen molar-refractivity contribution < 1.29 is 28.7 Å². The number of amides is 3. The number of benzene rings is 1. The van der Waals surface area contributed by atoms with E-state index < -0.39 is 24.5 Å². The zero-order valence-corrected chi connectivity index (χ0v) is 18.5. The number of fused-ring (bicyclic) bond motifs is 5. The minimum absolute atomic E-state index is 0.0836. The number of ether oxygens (including phenoxy) is 1. The van der Waals surface area contributed by atoms with Gasteiger partial charge in [0.15, 0.2) is 12.4 Å². The summed E-state index contributed by atoms with van der Waals surface area (Å²) in [5.41, 5.74) is 0.983. The molecule has 2 saturated carbocycles. The molecule has 0 unspecified atom stereocenters. The average Bonchev–Trinajstić information content (AvgIpc) is 3.42. The first-order chi connectivity index (χ1) is 15.2. The van der Waals surface area contributed by atoms with E-state index >= 15 is 0 Å². The van der Waals surface area contributed by atoms with E-state index in [1.165, 1.54) is 6.92 Å². The summed E-state index contributed by atoms with van der Waals surface area (Å²) in [6, 6.07) is 5.31. The molecule has 1 aromatic carbocycles. The number of carbonyl (C=O) groups excluding carboxylic acids is 5. The molecule has 1 aliphatic heterocycles. The number of rotatable bonds is 7. The Morgan fingerprint density at radius 2 is 1.59 bits per heavy atom. The highest BCUT2D eigenvalue weighted by molar-refractivity contribution is 6.08. The van der Waals surface area contributed by atoms with Gasteiger partial charge in [0.2, 0.25) is 11.8 Å². The maximum Gasteiger partial charge on any atom is 0.330 e. The molecule has 2 bridgehead atoms. The van der Waals surface area contributed by atoms with Crippen LogP contribution >= 0.6 is 0 Å². The van der Waals surface area contributed by atoms with E-state index in [2.05, 4.69) is 5.32 Å².